The molecule has 0 radical (unpaired) electrons. The van der Waals surface area contributed by atoms with Gasteiger partial charge in [0.2, 0.25) is 0 Å². The fourth-order valence-electron chi connectivity index (χ4n) is 1.46. The average Bonchev–Trinajstić information content (AvgIpc) is 2.23. The van der Waals surface area contributed by atoms with E-state index in [9.17, 15) is 13.2 Å². The summed E-state index contributed by atoms with van der Waals surface area (Å²) in [5.41, 5.74) is -0.246. The van der Waals surface area contributed by atoms with E-state index in [1.54, 1.807) is 6.92 Å². The molecule has 0 saturated heterocycles. The molecule has 1 heterocycles. The fraction of sp³-hybridized carbons (Fsp3) is 0.600. The van der Waals surface area contributed by atoms with Crippen LogP contribution < -0.4 is 5.56 Å². The molecule has 17 heavy (non-hydrogen) atoms. The van der Waals surface area contributed by atoms with E-state index in [1.807, 2.05) is 6.92 Å². The third kappa shape index (κ3) is 3.92. The van der Waals surface area contributed by atoms with Crippen molar-refractivity contribution >= 4 is 25.8 Å². The molecule has 0 fully saturated rings. The summed E-state index contributed by atoms with van der Waals surface area (Å²) >= 11 is 3.09. The largest absolute Gasteiger partial charge is 0.295 e. The summed E-state index contributed by atoms with van der Waals surface area (Å²) < 4.78 is 24.8. The zero-order valence-electron chi connectivity index (χ0n) is 9.81. The Morgan fingerprint density at radius 2 is 2.06 bits per heavy atom. The number of aryl methyl sites for hydroxylation is 1. The molecule has 1 rings (SSSR count). The second kappa shape index (κ2) is 5.77. The lowest BCUT2D eigenvalue weighted by molar-refractivity contribution is 0.582. The Morgan fingerprint density at radius 3 is 2.65 bits per heavy atom. The number of halogens is 1. The molecule has 0 amide bonds. The number of rotatable bonds is 5. The van der Waals surface area contributed by atoms with E-state index in [2.05, 4.69) is 20.9 Å². The van der Waals surface area contributed by atoms with Gasteiger partial charge in [-0.2, -0.15) is 0 Å². The molecule has 0 unspecified atom stereocenters. The minimum absolute atomic E-state index is 0.0281. The van der Waals surface area contributed by atoms with Crippen molar-refractivity contribution in [2.75, 3.05) is 11.5 Å². The summed E-state index contributed by atoms with van der Waals surface area (Å²) in [5, 5.41) is 0. The van der Waals surface area contributed by atoms with Crippen LogP contribution >= 0.6 is 15.9 Å². The van der Waals surface area contributed by atoms with Gasteiger partial charge in [-0.05, 0) is 29.3 Å². The lowest BCUT2D eigenvalue weighted by Crippen LogP contribution is -2.28. The van der Waals surface area contributed by atoms with Gasteiger partial charge < -0.3 is 0 Å². The maximum absolute atomic E-state index is 11.7. The first-order valence-electron chi connectivity index (χ1n) is 5.29. The van der Waals surface area contributed by atoms with Crippen molar-refractivity contribution in [1.82, 2.24) is 9.55 Å². The van der Waals surface area contributed by atoms with Crippen LogP contribution in [-0.2, 0) is 16.4 Å². The zero-order valence-corrected chi connectivity index (χ0v) is 12.2. The van der Waals surface area contributed by atoms with Crippen molar-refractivity contribution in [3.8, 4) is 0 Å². The Bertz CT molecular complexity index is 551. The monoisotopic (exact) mass is 322 g/mol. The van der Waals surface area contributed by atoms with Gasteiger partial charge in [0.15, 0.2) is 9.84 Å². The summed E-state index contributed by atoms with van der Waals surface area (Å²) in [7, 11) is -3.08. The zero-order chi connectivity index (χ0) is 13.1. The first kappa shape index (κ1) is 14.4. The minimum atomic E-state index is -3.08. The SMILES string of the molecule is CCCS(=O)(=O)CCn1c(C)ncc(Br)c1=O. The highest BCUT2D eigenvalue weighted by Gasteiger charge is 2.12. The van der Waals surface area contributed by atoms with E-state index < -0.39 is 9.84 Å². The second-order valence-corrected chi connectivity index (χ2v) is 6.92. The standard InChI is InChI=1S/C10H15BrN2O3S/c1-3-5-17(15,16)6-4-13-8(2)12-7-9(11)10(13)14/h7H,3-6H2,1-2H3. The molecule has 5 nitrogen and oxygen atoms in total. The molecule has 1 aromatic heterocycles. The van der Waals surface area contributed by atoms with Crippen LogP contribution in [0.15, 0.2) is 15.5 Å². The van der Waals surface area contributed by atoms with Gasteiger partial charge in [-0.15, -0.1) is 0 Å². The highest BCUT2D eigenvalue weighted by molar-refractivity contribution is 9.10. The molecule has 0 aliphatic carbocycles. The molecular formula is C10H15BrN2O3S. The molecule has 0 aromatic carbocycles. The van der Waals surface area contributed by atoms with Crippen LogP contribution in [0.5, 0.6) is 0 Å². The smallest absolute Gasteiger partial charge is 0.267 e. The predicted octanol–water partition coefficient (Wildman–Crippen LogP) is 1.14. The summed E-state index contributed by atoms with van der Waals surface area (Å²) in [5.74, 6) is 0.645. The maximum atomic E-state index is 11.7. The molecule has 7 heteroatoms. The van der Waals surface area contributed by atoms with E-state index >= 15 is 0 Å². The van der Waals surface area contributed by atoms with Crippen LogP contribution in [-0.4, -0.2) is 29.5 Å². The van der Waals surface area contributed by atoms with Gasteiger partial charge >= 0.3 is 0 Å². The van der Waals surface area contributed by atoms with Gasteiger partial charge in [-0.25, -0.2) is 13.4 Å². The first-order chi connectivity index (χ1) is 7.87. The van der Waals surface area contributed by atoms with Crippen LogP contribution in [0.2, 0.25) is 0 Å². The lowest BCUT2D eigenvalue weighted by atomic mass is 10.5. The average molecular weight is 323 g/mol. The minimum Gasteiger partial charge on any atom is -0.295 e. The molecule has 0 aliphatic heterocycles. The number of hydrogen-bond acceptors (Lipinski definition) is 4. The Hall–Kier alpha value is -0.690. The summed E-state index contributed by atoms with van der Waals surface area (Å²) in [6, 6.07) is 0. The molecule has 1 aromatic rings. The highest BCUT2D eigenvalue weighted by atomic mass is 79.9. The van der Waals surface area contributed by atoms with E-state index in [1.165, 1.54) is 10.8 Å². The van der Waals surface area contributed by atoms with Gasteiger partial charge in [-0.1, -0.05) is 6.92 Å². The van der Waals surface area contributed by atoms with Crippen molar-refractivity contribution in [2.45, 2.75) is 26.8 Å². The first-order valence-corrected chi connectivity index (χ1v) is 7.91. The Balaban J connectivity index is 2.91. The van der Waals surface area contributed by atoms with E-state index in [4.69, 9.17) is 0 Å². The molecule has 0 bridgehead atoms. The van der Waals surface area contributed by atoms with Crippen molar-refractivity contribution in [3.63, 3.8) is 0 Å². The fourth-order valence-corrected chi connectivity index (χ4v) is 3.06. The third-order valence-electron chi connectivity index (χ3n) is 2.35. The lowest BCUT2D eigenvalue weighted by Gasteiger charge is -2.09. The van der Waals surface area contributed by atoms with Crippen molar-refractivity contribution in [2.24, 2.45) is 0 Å². The van der Waals surface area contributed by atoms with Gasteiger partial charge in [0.25, 0.3) is 5.56 Å². The van der Waals surface area contributed by atoms with E-state index in [0.29, 0.717) is 16.7 Å². The Labute approximate surface area is 109 Å². The van der Waals surface area contributed by atoms with E-state index in [-0.39, 0.29) is 23.6 Å². The second-order valence-electron chi connectivity index (χ2n) is 3.76. The molecule has 0 spiro atoms. The molecular weight excluding hydrogens is 308 g/mol. The van der Waals surface area contributed by atoms with Crippen molar-refractivity contribution in [1.29, 1.82) is 0 Å². The van der Waals surface area contributed by atoms with E-state index in [0.717, 1.165) is 0 Å². The molecule has 0 aliphatic rings. The topological polar surface area (TPSA) is 69.0 Å². The maximum Gasteiger partial charge on any atom is 0.267 e. The van der Waals surface area contributed by atoms with Crippen LogP contribution in [0.4, 0.5) is 0 Å². The number of hydrogen-bond donors (Lipinski definition) is 0. The Kier molecular flexibility index (Phi) is 4.88. The van der Waals surface area contributed by atoms with Crippen LogP contribution in [0.25, 0.3) is 0 Å². The number of aromatic nitrogens is 2. The van der Waals surface area contributed by atoms with Gasteiger partial charge in [-0.3, -0.25) is 9.36 Å². The van der Waals surface area contributed by atoms with Gasteiger partial charge in [0.1, 0.15) is 10.3 Å². The molecule has 0 N–H and O–H groups in total. The normalized spacial score (nSPS) is 11.7. The Morgan fingerprint density at radius 1 is 1.41 bits per heavy atom. The molecule has 0 saturated carbocycles. The van der Waals surface area contributed by atoms with Crippen molar-refractivity contribution < 1.29 is 8.42 Å². The van der Waals surface area contributed by atoms with Gasteiger partial charge in [0, 0.05) is 18.5 Å². The van der Waals surface area contributed by atoms with Crippen LogP contribution in [0.1, 0.15) is 19.2 Å². The molecule has 0 atom stereocenters. The van der Waals surface area contributed by atoms with Crippen LogP contribution in [0, 0.1) is 6.92 Å². The summed E-state index contributed by atoms with van der Waals surface area (Å²) in [6.45, 7) is 3.65. The third-order valence-corrected chi connectivity index (χ3v) is 4.72. The predicted molar refractivity (Wildman–Crippen MR) is 69.9 cm³/mol. The number of nitrogens with zero attached hydrogens (tertiary/aromatic N) is 2. The summed E-state index contributed by atoms with van der Waals surface area (Å²) in [6.07, 6.45) is 2.02. The molecule has 96 valence electrons. The van der Waals surface area contributed by atoms with Crippen molar-refractivity contribution in [3.05, 3.63) is 26.8 Å². The van der Waals surface area contributed by atoms with Crippen LogP contribution in [0.3, 0.4) is 0 Å². The quantitative estimate of drug-likeness (QED) is 0.815. The highest BCUT2D eigenvalue weighted by Crippen LogP contribution is 2.02. The summed E-state index contributed by atoms with van der Waals surface area (Å²) in [4.78, 5) is 15.8. The van der Waals surface area contributed by atoms with Gasteiger partial charge in [0.05, 0.1) is 5.75 Å². The number of sulfone groups is 1.